The molecule has 1 spiro atoms. The molecule has 4 aliphatic rings. The van der Waals surface area contributed by atoms with Gasteiger partial charge in [0.2, 0.25) is 0 Å². The summed E-state index contributed by atoms with van der Waals surface area (Å²) in [4.78, 5) is 0. The Bertz CT molecular complexity index is 484. The number of hydrogen-bond donors (Lipinski definition) is 0. The van der Waals surface area contributed by atoms with Gasteiger partial charge in [-0.15, -0.1) is 0 Å². The van der Waals surface area contributed by atoms with Gasteiger partial charge in [0.05, 0.1) is 0 Å². The zero-order valence-electron chi connectivity index (χ0n) is 12.2. The van der Waals surface area contributed by atoms with Crippen LogP contribution in [0.5, 0.6) is 0 Å². The van der Waals surface area contributed by atoms with E-state index in [0.717, 1.165) is 11.8 Å². The van der Waals surface area contributed by atoms with Gasteiger partial charge < -0.3 is 0 Å². The van der Waals surface area contributed by atoms with Crippen LogP contribution in [0.15, 0.2) is 45.3 Å². The molecule has 4 rings (SSSR count). The van der Waals surface area contributed by atoms with Gasteiger partial charge in [-0.3, -0.25) is 0 Å². The molecule has 2 atom stereocenters. The van der Waals surface area contributed by atoms with Crippen molar-refractivity contribution in [1.29, 1.82) is 0 Å². The van der Waals surface area contributed by atoms with Gasteiger partial charge in [-0.05, 0) is 0 Å². The molecule has 0 amide bonds. The van der Waals surface area contributed by atoms with Gasteiger partial charge in [-0.2, -0.15) is 0 Å². The second-order valence-corrected chi connectivity index (χ2v) is 16.6. The number of hydrogen-bond acceptors (Lipinski definition) is 0. The zero-order valence-corrected chi connectivity index (χ0v) is 14.3. The van der Waals surface area contributed by atoms with E-state index in [1.165, 1.54) is 32.1 Å². The van der Waals surface area contributed by atoms with Crippen LogP contribution in [0.1, 0.15) is 32.1 Å². The first-order valence-corrected chi connectivity index (χ1v) is 14.2. The number of fused-ring (bicyclic) bond motifs is 4. The Balaban J connectivity index is 1.88. The Hall–Kier alpha value is -0.497. The van der Waals surface area contributed by atoms with Gasteiger partial charge in [0.25, 0.3) is 0 Å². The molecule has 100 valence electrons. The molecule has 0 aromatic carbocycles. The van der Waals surface area contributed by atoms with Crippen molar-refractivity contribution in [2.24, 2.45) is 17.3 Å². The minimum absolute atomic E-state index is 0.552. The Kier molecular flexibility index (Phi) is 2.58. The predicted molar refractivity (Wildman–Crippen MR) is 84.4 cm³/mol. The summed E-state index contributed by atoms with van der Waals surface area (Å²) in [6, 6.07) is 0. The number of allylic oxidation sites excluding steroid dienone is 8. The molecule has 0 N–H and O–H groups in total. The summed E-state index contributed by atoms with van der Waals surface area (Å²) < 4.78 is 3.74. The Labute approximate surface area is 119 Å². The van der Waals surface area contributed by atoms with Crippen LogP contribution < -0.4 is 0 Å². The van der Waals surface area contributed by atoms with Gasteiger partial charge in [0, 0.05) is 0 Å². The fraction of sp³-hybridized carbons (Fsp3) is 0.556. The van der Waals surface area contributed by atoms with Crippen molar-refractivity contribution in [2.75, 3.05) is 0 Å². The molecule has 19 heavy (non-hydrogen) atoms. The maximum atomic E-state index is 2.62. The third-order valence-electron chi connectivity index (χ3n) is 6.30. The van der Waals surface area contributed by atoms with E-state index in [4.69, 9.17) is 0 Å². The van der Waals surface area contributed by atoms with Crippen molar-refractivity contribution in [3.8, 4) is 0 Å². The van der Waals surface area contributed by atoms with E-state index in [2.05, 4.69) is 48.0 Å². The van der Waals surface area contributed by atoms with E-state index in [-0.39, 0.29) is 0 Å². The van der Waals surface area contributed by atoms with E-state index >= 15 is 0 Å². The fourth-order valence-corrected chi connectivity index (χ4v) is 13.1. The van der Waals surface area contributed by atoms with E-state index in [1.807, 2.05) is 8.81 Å². The quantitative estimate of drug-likeness (QED) is 0.554. The molecule has 0 radical (unpaired) electrons. The van der Waals surface area contributed by atoms with Crippen LogP contribution in [0.2, 0.25) is 11.5 Å². The third-order valence-corrected chi connectivity index (χ3v) is 14.4. The second kappa shape index (κ2) is 4.00. The van der Waals surface area contributed by atoms with Gasteiger partial charge in [-0.1, -0.05) is 0 Å². The van der Waals surface area contributed by atoms with Crippen LogP contribution in [-0.4, -0.2) is 13.3 Å². The average Bonchev–Trinajstić information content (AvgIpc) is 3.08. The Morgan fingerprint density at radius 3 is 1.95 bits per heavy atom. The maximum absolute atomic E-state index is 2.62. The van der Waals surface area contributed by atoms with Crippen molar-refractivity contribution in [3.63, 3.8) is 0 Å². The minimum atomic E-state index is -1.93. The van der Waals surface area contributed by atoms with E-state index < -0.39 is 13.3 Å². The molecule has 1 heterocycles. The molecule has 0 aromatic heterocycles. The monoisotopic (exact) mass is 314 g/mol. The SMILES string of the molecule is [CH3][Ge]1([CH3])[C]2=CC=CC2C2(CCCCC2)C2C=CC=[C]21. The molecular formula is C18H24Ge. The average molecular weight is 313 g/mol. The van der Waals surface area contributed by atoms with Crippen LogP contribution in [0.25, 0.3) is 0 Å². The van der Waals surface area contributed by atoms with Crippen molar-refractivity contribution in [1.82, 2.24) is 0 Å². The summed E-state index contributed by atoms with van der Waals surface area (Å²) >= 11 is -1.93. The molecule has 2 unspecified atom stereocenters. The van der Waals surface area contributed by atoms with Crippen LogP contribution >= 0.6 is 0 Å². The molecule has 0 bridgehead atoms. The summed E-state index contributed by atoms with van der Waals surface area (Å²) in [5.41, 5.74) is 0.552. The topological polar surface area (TPSA) is 0 Å². The van der Waals surface area contributed by atoms with Crippen LogP contribution in [-0.2, 0) is 0 Å². The van der Waals surface area contributed by atoms with E-state index in [0.29, 0.717) is 5.41 Å². The van der Waals surface area contributed by atoms with Crippen LogP contribution in [0.4, 0.5) is 0 Å². The van der Waals surface area contributed by atoms with Gasteiger partial charge >= 0.3 is 119 Å². The van der Waals surface area contributed by atoms with Crippen molar-refractivity contribution < 1.29 is 0 Å². The predicted octanol–water partition coefficient (Wildman–Crippen LogP) is 4.96. The van der Waals surface area contributed by atoms with Crippen molar-refractivity contribution >= 4 is 13.3 Å². The molecule has 1 saturated carbocycles. The second-order valence-electron chi connectivity index (χ2n) is 7.39. The zero-order chi connectivity index (χ0) is 13.1. The first kappa shape index (κ1) is 12.3. The first-order valence-electron chi connectivity index (χ1n) is 7.94. The summed E-state index contributed by atoms with van der Waals surface area (Å²) in [5.74, 6) is 6.81. The summed E-state index contributed by atoms with van der Waals surface area (Å²) in [5, 5.41) is 0. The summed E-state index contributed by atoms with van der Waals surface area (Å²) in [6.45, 7) is 0. The van der Waals surface area contributed by atoms with Crippen LogP contribution in [0, 0.1) is 17.3 Å². The molecular weight excluding hydrogens is 289 g/mol. The van der Waals surface area contributed by atoms with Crippen molar-refractivity contribution in [2.45, 2.75) is 43.6 Å². The van der Waals surface area contributed by atoms with Gasteiger partial charge in [0.1, 0.15) is 0 Å². The summed E-state index contributed by atoms with van der Waals surface area (Å²) in [7, 11) is 0. The molecule has 3 aliphatic carbocycles. The van der Waals surface area contributed by atoms with Crippen LogP contribution in [0.3, 0.4) is 0 Å². The van der Waals surface area contributed by atoms with E-state index in [9.17, 15) is 0 Å². The molecule has 1 heteroatoms. The fourth-order valence-electron chi connectivity index (χ4n) is 5.34. The molecule has 0 nitrogen and oxygen atoms in total. The molecule has 1 aliphatic heterocycles. The third kappa shape index (κ3) is 1.47. The normalized spacial score (nSPS) is 36.9. The van der Waals surface area contributed by atoms with Crippen molar-refractivity contribution in [3.05, 3.63) is 45.3 Å². The van der Waals surface area contributed by atoms with E-state index in [1.54, 1.807) is 0 Å². The molecule has 0 aromatic rings. The Morgan fingerprint density at radius 1 is 0.895 bits per heavy atom. The summed E-state index contributed by atoms with van der Waals surface area (Å²) in [6.07, 6.45) is 22.1. The van der Waals surface area contributed by atoms with Gasteiger partial charge in [0.15, 0.2) is 0 Å². The standard InChI is InChI=1S/C18H24Ge/c1-19(2)16-10-6-8-14(16)18(12-4-3-5-13-18)15-9-7-11-17(15)19/h6-11,14-15H,3-5,12-13H2,1-2H3. The van der Waals surface area contributed by atoms with Gasteiger partial charge in [-0.25, -0.2) is 0 Å². The number of rotatable bonds is 0. The Morgan fingerprint density at radius 2 is 1.42 bits per heavy atom. The molecule has 1 saturated heterocycles. The first-order chi connectivity index (χ1) is 9.16. The molecule has 2 fully saturated rings.